The molecule has 4 heteroatoms. The van der Waals surface area contributed by atoms with Gasteiger partial charge >= 0.3 is 0 Å². The molecule has 20 heavy (non-hydrogen) atoms. The summed E-state index contributed by atoms with van der Waals surface area (Å²) in [5.41, 5.74) is 1.32. The van der Waals surface area contributed by atoms with Crippen LogP contribution in [0.1, 0.15) is 50.0 Å². The van der Waals surface area contributed by atoms with Crippen molar-refractivity contribution < 1.29 is 4.42 Å². The minimum absolute atomic E-state index is 0.404. The van der Waals surface area contributed by atoms with Gasteiger partial charge in [0.05, 0.1) is 0 Å². The molecule has 0 bridgehead atoms. The van der Waals surface area contributed by atoms with Gasteiger partial charge in [-0.05, 0) is 24.3 Å². The predicted octanol–water partition coefficient (Wildman–Crippen LogP) is 4.45. The SMILES string of the molecule is CC(Cc1nnc(SC2CCCC2)o1)c1ccccc1. The Balaban J connectivity index is 1.59. The van der Waals surface area contributed by atoms with E-state index >= 15 is 0 Å². The van der Waals surface area contributed by atoms with Gasteiger partial charge in [0, 0.05) is 11.7 Å². The molecule has 1 unspecified atom stereocenters. The number of thioether (sulfide) groups is 1. The molecular formula is C16H20N2OS. The Morgan fingerprint density at radius 2 is 1.95 bits per heavy atom. The summed E-state index contributed by atoms with van der Waals surface area (Å²) in [6.45, 7) is 2.20. The van der Waals surface area contributed by atoms with Gasteiger partial charge in [-0.1, -0.05) is 61.9 Å². The number of aromatic nitrogens is 2. The molecule has 1 aliphatic rings. The van der Waals surface area contributed by atoms with Crippen molar-refractivity contribution in [1.82, 2.24) is 10.2 Å². The summed E-state index contributed by atoms with van der Waals surface area (Å²) in [5, 5.41) is 9.78. The topological polar surface area (TPSA) is 38.9 Å². The summed E-state index contributed by atoms with van der Waals surface area (Å²) in [4.78, 5) is 0. The first-order chi connectivity index (χ1) is 9.81. The van der Waals surface area contributed by atoms with E-state index in [-0.39, 0.29) is 0 Å². The third kappa shape index (κ3) is 3.42. The molecule has 1 aromatic heterocycles. The van der Waals surface area contributed by atoms with Crippen molar-refractivity contribution in [1.29, 1.82) is 0 Å². The van der Waals surface area contributed by atoms with Crippen molar-refractivity contribution in [3.63, 3.8) is 0 Å². The first kappa shape index (κ1) is 13.7. The zero-order chi connectivity index (χ0) is 13.8. The van der Waals surface area contributed by atoms with Crippen LogP contribution in [0.3, 0.4) is 0 Å². The largest absolute Gasteiger partial charge is 0.416 e. The van der Waals surface area contributed by atoms with Gasteiger partial charge in [-0.3, -0.25) is 0 Å². The molecule has 0 saturated heterocycles. The minimum atomic E-state index is 0.404. The summed E-state index contributed by atoms with van der Waals surface area (Å²) >= 11 is 1.75. The average Bonchev–Trinajstić information content (AvgIpc) is 3.12. The van der Waals surface area contributed by atoms with Crippen LogP contribution in [0.4, 0.5) is 0 Å². The number of benzene rings is 1. The van der Waals surface area contributed by atoms with E-state index in [2.05, 4.69) is 41.4 Å². The molecule has 1 heterocycles. The highest BCUT2D eigenvalue weighted by molar-refractivity contribution is 7.99. The van der Waals surface area contributed by atoms with Crippen molar-refractivity contribution in [2.45, 2.75) is 55.4 Å². The van der Waals surface area contributed by atoms with Gasteiger partial charge in [0.25, 0.3) is 5.22 Å². The molecule has 2 aromatic rings. The van der Waals surface area contributed by atoms with Crippen molar-refractivity contribution in [2.75, 3.05) is 0 Å². The van der Waals surface area contributed by atoms with E-state index in [9.17, 15) is 0 Å². The number of nitrogens with zero attached hydrogens (tertiary/aromatic N) is 2. The molecule has 0 amide bonds. The average molecular weight is 288 g/mol. The Bertz CT molecular complexity index is 534. The van der Waals surface area contributed by atoms with Gasteiger partial charge in [-0.25, -0.2) is 0 Å². The third-order valence-electron chi connectivity index (χ3n) is 3.87. The lowest BCUT2D eigenvalue weighted by atomic mass is 9.98. The Morgan fingerprint density at radius 3 is 2.70 bits per heavy atom. The van der Waals surface area contributed by atoms with Gasteiger partial charge in [-0.2, -0.15) is 0 Å². The Hall–Kier alpha value is -1.29. The van der Waals surface area contributed by atoms with E-state index in [0.29, 0.717) is 11.2 Å². The number of hydrogen-bond donors (Lipinski definition) is 0. The molecule has 1 aromatic carbocycles. The van der Waals surface area contributed by atoms with Crippen molar-refractivity contribution in [3.05, 3.63) is 41.8 Å². The third-order valence-corrected chi connectivity index (χ3v) is 5.04. The Kier molecular flexibility index (Phi) is 4.41. The fourth-order valence-corrected chi connectivity index (χ4v) is 3.76. The molecule has 3 rings (SSSR count). The predicted molar refractivity (Wildman–Crippen MR) is 81.0 cm³/mol. The van der Waals surface area contributed by atoms with Crippen LogP contribution in [0.2, 0.25) is 0 Å². The highest BCUT2D eigenvalue weighted by Crippen LogP contribution is 2.34. The van der Waals surface area contributed by atoms with Gasteiger partial charge in [0.15, 0.2) is 0 Å². The van der Waals surface area contributed by atoms with E-state index < -0.39 is 0 Å². The van der Waals surface area contributed by atoms with Crippen LogP contribution in [0.25, 0.3) is 0 Å². The lowest BCUT2D eigenvalue weighted by Gasteiger charge is -2.08. The zero-order valence-electron chi connectivity index (χ0n) is 11.8. The molecule has 0 aliphatic heterocycles. The van der Waals surface area contributed by atoms with E-state index in [1.807, 2.05) is 6.07 Å². The maximum atomic E-state index is 5.78. The van der Waals surface area contributed by atoms with E-state index in [1.165, 1.54) is 31.2 Å². The van der Waals surface area contributed by atoms with Crippen LogP contribution in [0, 0.1) is 0 Å². The first-order valence-corrected chi connectivity index (χ1v) is 8.23. The lowest BCUT2D eigenvalue weighted by Crippen LogP contribution is -1.98. The quantitative estimate of drug-likeness (QED) is 0.814. The minimum Gasteiger partial charge on any atom is -0.416 e. The molecule has 3 nitrogen and oxygen atoms in total. The van der Waals surface area contributed by atoms with Crippen LogP contribution >= 0.6 is 11.8 Å². The van der Waals surface area contributed by atoms with Gasteiger partial charge in [0.2, 0.25) is 5.89 Å². The first-order valence-electron chi connectivity index (χ1n) is 7.35. The van der Waals surface area contributed by atoms with Crippen LogP contribution in [-0.4, -0.2) is 15.4 Å². The molecule has 1 saturated carbocycles. The molecule has 0 N–H and O–H groups in total. The highest BCUT2D eigenvalue weighted by atomic mass is 32.2. The second kappa shape index (κ2) is 6.44. The molecule has 106 valence electrons. The smallest absolute Gasteiger partial charge is 0.276 e. The van der Waals surface area contributed by atoms with Crippen LogP contribution in [0.15, 0.2) is 40.0 Å². The Morgan fingerprint density at radius 1 is 1.20 bits per heavy atom. The van der Waals surface area contributed by atoms with Crippen LogP contribution < -0.4 is 0 Å². The van der Waals surface area contributed by atoms with Crippen LogP contribution in [-0.2, 0) is 6.42 Å². The Labute approximate surface area is 124 Å². The van der Waals surface area contributed by atoms with Crippen molar-refractivity contribution >= 4 is 11.8 Å². The molecule has 0 spiro atoms. The maximum absolute atomic E-state index is 5.78. The maximum Gasteiger partial charge on any atom is 0.276 e. The van der Waals surface area contributed by atoms with E-state index in [0.717, 1.165) is 17.5 Å². The summed E-state index contributed by atoms with van der Waals surface area (Å²) in [7, 11) is 0. The molecule has 1 aliphatic carbocycles. The molecule has 0 radical (unpaired) electrons. The summed E-state index contributed by atoms with van der Waals surface area (Å²) in [6.07, 6.45) is 6.04. The molecule has 1 fully saturated rings. The normalized spacial score (nSPS) is 17.4. The molecule has 1 atom stereocenters. The fourth-order valence-electron chi connectivity index (χ4n) is 2.68. The zero-order valence-corrected chi connectivity index (χ0v) is 12.6. The van der Waals surface area contributed by atoms with Gasteiger partial charge in [-0.15, -0.1) is 10.2 Å². The second-order valence-electron chi connectivity index (χ2n) is 5.50. The summed E-state index contributed by atoms with van der Waals surface area (Å²) < 4.78 is 5.78. The van der Waals surface area contributed by atoms with E-state index in [4.69, 9.17) is 4.42 Å². The summed E-state index contributed by atoms with van der Waals surface area (Å²) in [6, 6.07) is 10.5. The highest BCUT2D eigenvalue weighted by Gasteiger charge is 2.20. The fraction of sp³-hybridized carbons (Fsp3) is 0.500. The standard InChI is InChI=1S/C16H20N2OS/c1-12(13-7-3-2-4-8-13)11-15-17-18-16(19-15)20-14-9-5-6-10-14/h2-4,7-8,12,14H,5-6,9-11H2,1H3. The van der Waals surface area contributed by atoms with Crippen LogP contribution in [0.5, 0.6) is 0 Å². The second-order valence-corrected chi connectivity index (χ2v) is 6.75. The van der Waals surface area contributed by atoms with Gasteiger partial charge < -0.3 is 4.42 Å². The summed E-state index contributed by atoms with van der Waals surface area (Å²) in [5.74, 6) is 1.16. The number of hydrogen-bond acceptors (Lipinski definition) is 4. The van der Waals surface area contributed by atoms with E-state index in [1.54, 1.807) is 11.8 Å². The van der Waals surface area contributed by atoms with Crippen molar-refractivity contribution in [2.24, 2.45) is 0 Å². The lowest BCUT2D eigenvalue weighted by molar-refractivity contribution is 0.404. The number of rotatable bonds is 5. The van der Waals surface area contributed by atoms with Crippen molar-refractivity contribution in [3.8, 4) is 0 Å². The monoisotopic (exact) mass is 288 g/mol. The van der Waals surface area contributed by atoms with Gasteiger partial charge in [0.1, 0.15) is 0 Å². The molecular weight excluding hydrogens is 268 g/mol.